The second kappa shape index (κ2) is 7.84. The molecule has 0 aliphatic rings. The first-order valence-electron chi connectivity index (χ1n) is 6.33. The Morgan fingerprint density at radius 2 is 1.89 bits per heavy atom. The molecule has 1 rings (SSSR count). The number of nitrogens with one attached hydrogen (secondary N) is 2. The molecule has 0 aliphatic heterocycles. The molecule has 4 N–H and O–H groups in total. The van der Waals surface area contributed by atoms with Gasteiger partial charge in [0.15, 0.2) is 0 Å². The van der Waals surface area contributed by atoms with Crippen LogP contribution in [0.15, 0.2) is 6.33 Å². The summed E-state index contributed by atoms with van der Waals surface area (Å²) in [6.45, 7) is 5.00. The van der Waals surface area contributed by atoms with Crippen LogP contribution in [0, 0.1) is 0 Å². The van der Waals surface area contributed by atoms with Crippen molar-refractivity contribution in [3.05, 3.63) is 11.9 Å². The molecule has 0 spiro atoms. The van der Waals surface area contributed by atoms with Crippen LogP contribution >= 0.6 is 0 Å². The average Bonchev–Trinajstić information content (AvgIpc) is 2.42. The van der Waals surface area contributed by atoms with Gasteiger partial charge in [-0.15, -0.1) is 0 Å². The molecule has 1 heterocycles. The van der Waals surface area contributed by atoms with Gasteiger partial charge in [-0.05, 0) is 12.8 Å². The monoisotopic (exact) mass is 254 g/mol. The quantitative estimate of drug-likeness (QED) is 0.544. The van der Waals surface area contributed by atoms with Crippen LogP contribution < -0.4 is 10.6 Å². The largest absolute Gasteiger partial charge is 0.394 e. The Morgan fingerprint density at radius 3 is 2.44 bits per heavy atom. The summed E-state index contributed by atoms with van der Waals surface area (Å²) in [4.78, 5) is 8.39. The van der Waals surface area contributed by atoms with E-state index in [1.165, 1.54) is 6.33 Å². The minimum Gasteiger partial charge on any atom is -0.394 e. The van der Waals surface area contributed by atoms with Crippen molar-refractivity contribution < 1.29 is 10.2 Å². The lowest BCUT2D eigenvalue weighted by atomic mass is 10.2. The van der Waals surface area contributed by atoms with E-state index in [9.17, 15) is 5.11 Å². The van der Waals surface area contributed by atoms with Crippen LogP contribution in [0.25, 0.3) is 0 Å². The molecule has 1 aromatic rings. The molecule has 0 saturated heterocycles. The maximum absolute atomic E-state index is 9.32. The second-order valence-electron chi connectivity index (χ2n) is 4.05. The van der Waals surface area contributed by atoms with Gasteiger partial charge < -0.3 is 20.8 Å². The first-order valence-corrected chi connectivity index (χ1v) is 6.33. The van der Waals surface area contributed by atoms with Gasteiger partial charge in [0.25, 0.3) is 0 Å². The van der Waals surface area contributed by atoms with Crippen molar-refractivity contribution in [1.82, 2.24) is 9.97 Å². The molecular formula is C12H22N4O2. The van der Waals surface area contributed by atoms with Crippen molar-refractivity contribution in [2.45, 2.75) is 32.8 Å². The third-order valence-corrected chi connectivity index (χ3v) is 2.56. The van der Waals surface area contributed by atoms with Gasteiger partial charge in [-0.3, -0.25) is 0 Å². The standard InChI is InChI=1S/C12H22N4O2/c1-3-5-13-11-10(4-2)12(16-8-15-11)14-6-9(18)7-17/h8-9,17-18H,3-7H2,1-2H3,(H2,13,14,15,16). The highest BCUT2D eigenvalue weighted by molar-refractivity contribution is 5.57. The number of aromatic nitrogens is 2. The molecule has 1 aromatic heterocycles. The number of anilines is 2. The van der Waals surface area contributed by atoms with E-state index >= 15 is 0 Å². The van der Waals surface area contributed by atoms with Gasteiger partial charge in [0, 0.05) is 18.7 Å². The van der Waals surface area contributed by atoms with Gasteiger partial charge in [-0.1, -0.05) is 13.8 Å². The number of aliphatic hydroxyl groups is 2. The van der Waals surface area contributed by atoms with Gasteiger partial charge in [0.2, 0.25) is 0 Å². The van der Waals surface area contributed by atoms with Crippen molar-refractivity contribution in [2.24, 2.45) is 0 Å². The van der Waals surface area contributed by atoms with E-state index in [1.807, 2.05) is 6.92 Å². The summed E-state index contributed by atoms with van der Waals surface area (Å²) in [7, 11) is 0. The lowest BCUT2D eigenvalue weighted by Crippen LogP contribution is -2.24. The lowest BCUT2D eigenvalue weighted by molar-refractivity contribution is 0.105. The fourth-order valence-corrected chi connectivity index (χ4v) is 1.57. The van der Waals surface area contributed by atoms with Crippen molar-refractivity contribution in [3.8, 4) is 0 Å². The highest BCUT2D eigenvalue weighted by Crippen LogP contribution is 2.20. The third-order valence-electron chi connectivity index (χ3n) is 2.56. The van der Waals surface area contributed by atoms with Gasteiger partial charge in [-0.25, -0.2) is 9.97 Å². The summed E-state index contributed by atoms with van der Waals surface area (Å²) in [5.74, 6) is 1.54. The second-order valence-corrected chi connectivity index (χ2v) is 4.05. The van der Waals surface area contributed by atoms with E-state index in [1.54, 1.807) is 0 Å². The maximum atomic E-state index is 9.32. The van der Waals surface area contributed by atoms with Gasteiger partial charge in [0.05, 0.1) is 12.7 Å². The Morgan fingerprint density at radius 1 is 1.22 bits per heavy atom. The molecule has 0 aliphatic carbocycles. The number of aliphatic hydroxyl groups excluding tert-OH is 2. The SMILES string of the molecule is CCCNc1ncnc(NCC(O)CO)c1CC. The highest BCUT2D eigenvalue weighted by atomic mass is 16.3. The zero-order valence-electron chi connectivity index (χ0n) is 11.0. The number of rotatable bonds is 8. The Labute approximate surface area is 107 Å². The van der Waals surface area contributed by atoms with Crippen LogP contribution in [0.1, 0.15) is 25.8 Å². The van der Waals surface area contributed by atoms with Gasteiger partial charge >= 0.3 is 0 Å². The van der Waals surface area contributed by atoms with Crippen LogP contribution in [0.2, 0.25) is 0 Å². The number of hydrogen-bond acceptors (Lipinski definition) is 6. The smallest absolute Gasteiger partial charge is 0.134 e. The topological polar surface area (TPSA) is 90.3 Å². The summed E-state index contributed by atoms with van der Waals surface area (Å²) < 4.78 is 0. The average molecular weight is 254 g/mol. The summed E-state index contributed by atoms with van der Waals surface area (Å²) >= 11 is 0. The van der Waals surface area contributed by atoms with E-state index in [4.69, 9.17) is 5.11 Å². The molecule has 0 radical (unpaired) electrons. The summed E-state index contributed by atoms with van der Waals surface area (Å²) in [5.41, 5.74) is 0.996. The molecule has 1 unspecified atom stereocenters. The van der Waals surface area contributed by atoms with E-state index in [0.717, 1.165) is 30.8 Å². The molecule has 1 atom stereocenters. The molecule has 0 fully saturated rings. The van der Waals surface area contributed by atoms with Crippen LogP contribution in [-0.4, -0.2) is 46.0 Å². The zero-order valence-corrected chi connectivity index (χ0v) is 11.0. The first kappa shape index (κ1) is 14.7. The Hall–Kier alpha value is -1.40. The van der Waals surface area contributed by atoms with Gasteiger partial charge in [-0.2, -0.15) is 0 Å². The van der Waals surface area contributed by atoms with Crippen LogP contribution in [0.5, 0.6) is 0 Å². The van der Waals surface area contributed by atoms with E-state index in [-0.39, 0.29) is 13.2 Å². The van der Waals surface area contributed by atoms with Crippen LogP contribution in [0.4, 0.5) is 11.6 Å². The maximum Gasteiger partial charge on any atom is 0.134 e. The van der Waals surface area contributed by atoms with Crippen molar-refractivity contribution in [1.29, 1.82) is 0 Å². The Kier molecular flexibility index (Phi) is 6.38. The molecule has 0 bridgehead atoms. The first-order chi connectivity index (χ1) is 8.72. The molecule has 0 aromatic carbocycles. The third kappa shape index (κ3) is 4.12. The lowest BCUT2D eigenvalue weighted by Gasteiger charge is -2.15. The molecule has 6 nitrogen and oxygen atoms in total. The van der Waals surface area contributed by atoms with E-state index in [2.05, 4.69) is 27.5 Å². The number of nitrogens with zero attached hydrogens (tertiary/aromatic N) is 2. The van der Waals surface area contributed by atoms with E-state index in [0.29, 0.717) is 5.82 Å². The summed E-state index contributed by atoms with van der Waals surface area (Å²) in [6.07, 6.45) is 2.53. The molecular weight excluding hydrogens is 232 g/mol. The minimum absolute atomic E-state index is 0.263. The predicted molar refractivity (Wildman–Crippen MR) is 71.8 cm³/mol. The molecule has 0 saturated carbocycles. The fraction of sp³-hybridized carbons (Fsp3) is 0.667. The zero-order chi connectivity index (χ0) is 13.4. The minimum atomic E-state index is -0.781. The molecule has 0 amide bonds. The van der Waals surface area contributed by atoms with Crippen LogP contribution in [0.3, 0.4) is 0 Å². The Balaban J connectivity index is 2.77. The predicted octanol–water partition coefficient (Wildman–Crippen LogP) is 0.626. The van der Waals surface area contributed by atoms with E-state index < -0.39 is 6.10 Å². The highest BCUT2D eigenvalue weighted by Gasteiger charge is 2.10. The normalized spacial score (nSPS) is 12.2. The molecule has 102 valence electrons. The molecule has 18 heavy (non-hydrogen) atoms. The Bertz CT molecular complexity index is 360. The summed E-state index contributed by atoms with van der Waals surface area (Å²) in [6, 6.07) is 0. The van der Waals surface area contributed by atoms with Crippen molar-refractivity contribution in [3.63, 3.8) is 0 Å². The number of hydrogen-bond donors (Lipinski definition) is 4. The summed E-state index contributed by atoms with van der Waals surface area (Å²) in [5, 5.41) is 24.4. The fourth-order valence-electron chi connectivity index (χ4n) is 1.57. The van der Waals surface area contributed by atoms with Gasteiger partial charge in [0.1, 0.15) is 18.0 Å². The van der Waals surface area contributed by atoms with Crippen molar-refractivity contribution in [2.75, 3.05) is 30.3 Å². The molecule has 6 heteroatoms. The van der Waals surface area contributed by atoms with Crippen LogP contribution in [-0.2, 0) is 6.42 Å². The van der Waals surface area contributed by atoms with Crippen molar-refractivity contribution >= 4 is 11.6 Å².